The van der Waals surface area contributed by atoms with Gasteiger partial charge in [-0.25, -0.2) is 14.4 Å². The minimum absolute atomic E-state index is 0.0541. The molecule has 0 unspecified atom stereocenters. The highest BCUT2D eigenvalue weighted by molar-refractivity contribution is 6.31. The summed E-state index contributed by atoms with van der Waals surface area (Å²) in [7, 11) is 3.99. The summed E-state index contributed by atoms with van der Waals surface area (Å²) >= 11 is 5.79. The molecular formula is C18H17ClFN5. The lowest BCUT2D eigenvalue weighted by molar-refractivity contribution is 0.628. The van der Waals surface area contributed by atoms with Crippen molar-refractivity contribution in [2.75, 3.05) is 29.6 Å². The number of nitrogens with zero attached hydrogens (tertiary/aromatic N) is 3. The van der Waals surface area contributed by atoms with Gasteiger partial charge in [0.15, 0.2) is 0 Å². The van der Waals surface area contributed by atoms with E-state index in [1.807, 2.05) is 43.3 Å². The van der Waals surface area contributed by atoms with Gasteiger partial charge in [0.25, 0.3) is 0 Å². The van der Waals surface area contributed by atoms with E-state index in [2.05, 4.69) is 20.6 Å². The summed E-state index contributed by atoms with van der Waals surface area (Å²) in [6.45, 7) is 0. The minimum Gasteiger partial charge on any atom is -0.378 e. The SMILES string of the molecule is CN(C)c1ccc(Nc2cc(Nc3ccc(F)c(Cl)c3)ncn2)cc1. The van der Waals surface area contributed by atoms with Gasteiger partial charge in [0.1, 0.15) is 23.8 Å². The second-order valence-electron chi connectivity index (χ2n) is 5.61. The molecule has 1 heterocycles. The van der Waals surface area contributed by atoms with E-state index in [4.69, 9.17) is 11.6 Å². The van der Waals surface area contributed by atoms with Gasteiger partial charge in [0.2, 0.25) is 0 Å². The largest absolute Gasteiger partial charge is 0.378 e. The van der Waals surface area contributed by atoms with Gasteiger partial charge in [-0.05, 0) is 42.5 Å². The Kier molecular flexibility index (Phi) is 5.00. The van der Waals surface area contributed by atoms with Crippen molar-refractivity contribution in [3.8, 4) is 0 Å². The summed E-state index contributed by atoms with van der Waals surface area (Å²) < 4.78 is 13.2. The van der Waals surface area contributed by atoms with Crippen molar-refractivity contribution in [2.45, 2.75) is 0 Å². The topological polar surface area (TPSA) is 53.1 Å². The Morgan fingerprint density at radius 1 is 0.880 bits per heavy atom. The Balaban J connectivity index is 1.73. The van der Waals surface area contributed by atoms with Crippen LogP contribution in [0, 0.1) is 5.82 Å². The zero-order valence-corrected chi connectivity index (χ0v) is 14.5. The minimum atomic E-state index is -0.460. The highest BCUT2D eigenvalue weighted by Gasteiger charge is 2.04. The second kappa shape index (κ2) is 7.36. The van der Waals surface area contributed by atoms with Crippen LogP contribution in [0.3, 0.4) is 0 Å². The predicted molar refractivity (Wildman–Crippen MR) is 101 cm³/mol. The number of benzene rings is 2. The second-order valence-corrected chi connectivity index (χ2v) is 6.02. The first kappa shape index (κ1) is 17.0. The molecule has 7 heteroatoms. The van der Waals surface area contributed by atoms with Crippen LogP contribution in [0.4, 0.5) is 33.1 Å². The third kappa shape index (κ3) is 4.36. The Morgan fingerprint density at radius 2 is 1.48 bits per heavy atom. The molecule has 0 spiro atoms. The van der Waals surface area contributed by atoms with Gasteiger partial charge < -0.3 is 15.5 Å². The van der Waals surface area contributed by atoms with Crippen molar-refractivity contribution >= 4 is 40.3 Å². The van der Waals surface area contributed by atoms with Gasteiger partial charge in [-0.15, -0.1) is 0 Å². The van der Waals surface area contributed by atoms with Crippen LogP contribution in [0.1, 0.15) is 0 Å². The molecule has 0 radical (unpaired) electrons. The van der Waals surface area contributed by atoms with Crippen molar-refractivity contribution in [3.63, 3.8) is 0 Å². The molecular weight excluding hydrogens is 341 g/mol. The number of nitrogens with one attached hydrogen (secondary N) is 2. The number of hydrogen-bond donors (Lipinski definition) is 2. The molecule has 3 rings (SSSR count). The van der Waals surface area contributed by atoms with Crippen LogP contribution in [0.5, 0.6) is 0 Å². The summed E-state index contributed by atoms with van der Waals surface area (Å²) in [4.78, 5) is 10.4. The lowest BCUT2D eigenvalue weighted by atomic mass is 10.2. The van der Waals surface area contributed by atoms with Gasteiger partial charge in [0.05, 0.1) is 5.02 Å². The maximum Gasteiger partial charge on any atom is 0.141 e. The quantitative estimate of drug-likeness (QED) is 0.685. The first-order chi connectivity index (χ1) is 12.0. The standard InChI is InChI=1S/C18H17ClFN5/c1-25(2)14-6-3-12(4-7-14)23-17-10-18(22-11-21-17)24-13-5-8-16(20)15(19)9-13/h3-11H,1-2H3,(H2,21,22,23,24). The van der Waals surface area contributed by atoms with Crippen LogP contribution < -0.4 is 15.5 Å². The zero-order chi connectivity index (χ0) is 17.8. The lowest BCUT2D eigenvalue weighted by Crippen LogP contribution is -2.08. The fourth-order valence-corrected chi connectivity index (χ4v) is 2.39. The number of aromatic nitrogens is 2. The number of anilines is 5. The van der Waals surface area contributed by atoms with Crippen molar-refractivity contribution in [3.05, 3.63) is 65.7 Å². The first-order valence-electron chi connectivity index (χ1n) is 7.60. The molecule has 0 aliphatic carbocycles. The summed E-state index contributed by atoms with van der Waals surface area (Å²) in [5.74, 6) is 0.756. The number of halogens is 2. The van der Waals surface area contributed by atoms with E-state index in [0.29, 0.717) is 17.3 Å². The average Bonchev–Trinajstić information content (AvgIpc) is 2.59. The highest BCUT2D eigenvalue weighted by atomic mass is 35.5. The summed E-state index contributed by atoms with van der Waals surface area (Å²) in [6, 6.07) is 14.2. The summed E-state index contributed by atoms with van der Waals surface area (Å²) in [6.07, 6.45) is 1.45. The third-order valence-electron chi connectivity index (χ3n) is 3.52. The average molecular weight is 358 g/mol. The molecule has 0 fully saturated rings. The van der Waals surface area contributed by atoms with Crippen molar-refractivity contribution in [2.24, 2.45) is 0 Å². The van der Waals surface area contributed by atoms with Crippen molar-refractivity contribution in [1.82, 2.24) is 9.97 Å². The molecule has 0 saturated carbocycles. The van der Waals surface area contributed by atoms with Gasteiger partial charge in [-0.3, -0.25) is 0 Å². The van der Waals surface area contributed by atoms with E-state index in [9.17, 15) is 4.39 Å². The smallest absolute Gasteiger partial charge is 0.141 e. The Bertz CT molecular complexity index is 868. The van der Waals surface area contributed by atoms with Crippen LogP contribution in [0.15, 0.2) is 54.9 Å². The van der Waals surface area contributed by atoms with E-state index in [-0.39, 0.29) is 5.02 Å². The van der Waals surface area contributed by atoms with Gasteiger partial charge in [-0.1, -0.05) is 11.6 Å². The summed E-state index contributed by atoms with van der Waals surface area (Å²) in [5, 5.41) is 6.35. The monoisotopic (exact) mass is 357 g/mol. The molecule has 0 aliphatic heterocycles. The lowest BCUT2D eigenvalue weighted by Gasteiger charge is -2.13. The first-order valence-corrected chi connectivity index (χ1v) is 7.97. The maximum atomic E-state index is 13.2. The molecule has 25 heavy (non-hydrogen) atoms. The molecule has 0 bridgehead atoms. The summed E-state index contributed by atoms with van der Waals surface area (Å²) in [5.41, 5.74) is 2.68. The van der Waals surface area contributed by atoms with Crippen molar-refractivity contribution in [1.29, 1.82) is 0 Å². The van der Waals surface area contributed by atoms with Gasteiger partial charge in [0, 0.05) is 37.2 Å². The fourth-order valence-electron chi connectivity index (χ4n) is 2.21. The Morgan fingerprint density at radius 3 is 2.08 bits per heavy atom. The molecule has 0 atom stereocenters. The molecule has 1 aromatic heterocycles. The third-order valence-corrected chi connectivity index (χ3v) is 3.80. The van der Waals surface area contributed by atoms with Gasteiger partial charge in [-0.2, -0.15) is 0 Å². The predicted octanol–water partition coefficient (Wildman–Crippen LogP) is 4.82. The molecule has 5 nitrogen and oxygen atoms in total. The molecule has 0 saturated heterocycles. The van der Waals surface area contributed by atoms with Crippen LogP contribution in [-0.4, -0.2) is 24.1 Å². The molecule has 0 aliphatic rings. The Hall–Kier alpha value is -2.86. The fraction of sp³-hybridized carbons (Fsp3) is 0.111. The van der Waals surface area contributed by atoms with Crippen LogP contribution in [-0.2, 0) is 0 Å². The van der Waals surface area contributed by atoms with E-state index in [0.717, 1.165) is 11.4 Å². The maximum absolute atomic E-state index is 13.2. The zero-order valence-electron chi connectivity index (χ0n) is 13.8. The van der Waals surface area contributed by atoms with Crippen LogP contribution in [0.2, 0.25) is 5.02 Å². The van der Waals surface area contributed by atoms with Crippen LogP contribution >= 0.6 is 11.6 Å². The molecule has 3 aromatic rings. The normalized spacial score (nSPS) is 10.4. The van der Waals surface area contributed by atoms with Gasteiger partial charge >= 0.3 is 0 Å². The highest BCUT2D eigenvalue weighted by Crippen LogP contribution is 2.24. The van der Waals surface area contributed by atoms with E-state index in [1.165, 1.54) is 18.5 Å². The van der Waals surface area contributed by atoms with E-state index in [1.54, 1.807) is 12.1 Å². The molecule has 2 aromatic carbocycles. The van der Waals surface area contributed by atoms with E-state index < -0.39 is 5.82 Å². The molecule has 2 N–H and O–H groups in total. The number of hydrogen-bond acceptors (Lipinski definition) is 5. The number of rotatable bonds is 5. The molecule has 0 amide bonds. The van der Waals surface area contributed by atoms with Crippen LogP contribution in [0.25, 0.3) is 0 Å². The Labute approximate surface area is 150 Å². The molecule has 128 valence electrons. The van der Waals surface area contributed by atoms with Crippen molar-refractivity contribution < 1.29 is 4.39 Å². The van der Waals surface area contributed by atoms with E-state index >= 15 is 0 Å².